The van der Waals surface area contributed by atoms with E-state index >= 15 is 0 Å². The molecule has 0 aliphatic heterocycles. The first-order chi connectivity index (χ1) is 9.18. The predicted molar refractivity (Wildman–Crippen MR) is 72.3 cm³/mol. The van der Waals surface area contributed by atoms with Crippen LogP contribution >= 0.6 is 0 Å². The smallest absolute Gasteiger partial charge is 0.337 e. The van der Waals surface area contributed by atoms with E-state index < -0.39 is 5.97 Å². The van der Waals surface area contributed by atoms with Crippen molar-refractivity contribution in [3.05, 3.63) is 59.9 Å². The molecule has 0 atom stereocenters. The molecule has 0 bridgehead atoms. The van der Waals surface area contributed by atoms with Crippen LogP contribution in [-0.4, -0.2) is 20.5 Å². The van der Waals surface area contributed by atoms with Gasteiger partial charge >= 0.3 is 5.97 Å². The number of carboxylic acids is 1. The molecule has 3 aromatic rings. The van der Waals surface area contributed by atoms with Crippen molar-refractivity contribution in [1.29, 1.82) is 0 Å². The number of pyridine rings is 1. The van der Waals surface area contributed by atoms with Crippen molar-refractivity contribution >= 4 is 11.5 Å². The molecule has 94 valence electrons. The molecule has 0 aliphatic carbocycles. The van der Waals surface area contributed by atoms with E-state index in [0.29, 0.717) is 5.52 Å². The Morgan fingerprint density at radius 2 is 2.00 bits per heavy atom. The zero-order chi connectivity index (χ0) is 13.4. The lowest BCUT2D eigenvalue weighted by Gasteiger charge is -2.05. The molecule has 1 aromatic carbocycles. The SMILES string of the molecule is Cc1ccccc1-c1ncc2c(C(=O)O)cccn12. The Balaban J connectivity index is 2.31. The van der Waals surface area contributed by atoms with Gasteiger partial charge in [0, 0.05) is 11.8 Å². The first kappa shape index (κ1) is 11.5. The van der Waals surface area contributed by atoms with Crippen LogP contribution in [-0.2, 0) is 0 Å². The molecule has 3 rings (SSSR count). The fourth-order valence-electron chi connectivity index (χ4n) is 2.23. The molecule has 4 heteroatoms. The molecule has 19 heavy (non-hydrogen) atoms. The van der Waals surface area contributed by atoms with Gasteiger partial charge in [-0.15, -0.1) is 0 Å². The van der Waals surface area contributed by atoms with Gasteiger partial charge in [-0.2, -0.15) is 0 Å². The van der Waals surface area contributed by atoms with Crippen molar-refractivity contribution in [2.75, 3.05) is 0 Å². The number of aromatic nitrogens is 2. The summed E-state index contributed by atoms with van der Waals surface area (Å²) in [7, 11) is 0. The van der Waals surface area contributed by atoms with Crippen molar-refractivity contribution < 1.29 is 9.90 Å². The fraction of sp³-hybridized carbons (Fsp3) is 0.0667. The molecule has 0 aliphatic rings. The first-order valence-corrected chi connectivity index (χ1v) is 5.94. The quantitative estimate of drug-likeness (QED) is 0.762. The molecule has 0 saturated carbocycles. The number of aryl methyl sites for hydroxylation is 1. The van der Waals surface area contributed by atoms with Gasteiger partial charge in [-0.05, 0) is 24.6 Å². The predicted octanol–water partition coefficient (Wildman–Crippen LogP) is 3.01. The van der Waals surface area contributed by atoms with Gasteiger partial charge in [0.25, 0.3) is 0 Å². The lowest BCUT2D eigenvalue weighted by Crippen LogP contribution is -2.00. The van der Waals surface area contributed by atoms with E-state index in [0.717, 1.165) is 17.0 Å². The van der Waals surface area contributed by atoms with Crippen LogP contribution in [0.25, 0.3) is 16.9 Å². The highest BCUT2D eigenvalue weighted by Gasteiger charge is 2.13. The van der Waals surface area contributed by atoms with Gasteiger partial charge in [0.2, 0.25) is 0 Å². The molecule has 0 radical (unpaired) electrons. The van der Waals surface area contributed by atoms with E-state index in [1.807, 2.05) is 41.8 Å². The number of carboxylic acid groups (broad SMARTS) is 1. The maximum absolute atomic E-state index is 11.2. The minimum Gasteiger partial charge on any atom is -0.478 e. The van der Waals surface area contributed by atoms with Crippen molar-refractivity contribution in [3.8, 4) is 11.4 Å². The summed E-state index contributed by atoms with van der Waals surface area (Å²) in [6.45, 7) is 2.01. The highest BCUT2D eigenvalue weighted by atomic mass is 16.4. The van der Waals surface area contributed by atoms with E-state index in [1.54, 1.807) is 18.3 Å². The molecule has 1 N–H and O–H groups in total. The summed E-state index contributed by atoms with van der Waals surface area (Å²) in [4.78, 5) is 15.6. The van der Waals surface area contributed by atoms with E-state index in [2.05, 4.69) is 4.98 Å². The van der Waals surface area contributed by atoms with E-state index in [1.165, 1.54) is 0 Å². The van der Waals surface area contributed by atoms with Crippen LogP contribution in [0.2, 0.25) is 0 Å². The summed E-state index contributed by atoms with van der Waals surface area (Å²) >= 11 is 0. The van der Waals surface area contributed by atoms with Gasteiger partial charge in [0.05, 0.1) is 17.3 Å². The van der Waals surface area contributed by atoms with Crippen LogP contribution in [0.4, 0.5) is 0 Å². The number of fused-ring (bicyclic) bond motifs is 1. The highest BCUT2D eigenvalue weighted by molar-refractivity contribution is 5.95. The van der Waals surface area contributed by atoms with Gasteiger partial charge in [-0.1, -0.05) is 24.3 Å². The Hall–Kier alpha value is -2.62. The van der Waals surface area contributed by atoms with Crippen LogP contribution in [0.5, 0.6) is 0 Å². The van der Waals surface area contributed by atoms with Gasteiger partial charge in [-0.3, -0.25) is 4.40 Å². The Morgan fingerprint density at radius 1 is 1.21 bits per heavy atom. The minimum absolute atomic E-state index is 0.259. The normalized spacial score (nSPS) is 10.8. The number of hydrogen-bond acceptors (Lipinski definition) is 2. The molecule has 2 heterocycles. The molecule has 0 spiro atoms. The number of imidazole rings is 1. The van der Waals surface area contributed by atoms with Crippen LogP contribution in [0.3, 0.4) is 0 Å². The topological polar surface area (TPSA) is 54.6 Å². The third-order valence-corrected chi connectivity index (χ3v) is 3.19. The maximum atomic E-state index is 11.2. The summed E-state index contributed by atoms with van der Waals surface area (Å²) in [5.41, 5.74) is 2.98. The molecular formula is C15H12N2O2. The second kappa shape index (κ2) is 4.24. The number of hydrogen-bond donors (Lipinski definition) is 1. The van der Waals surface area contributed by atoms with E-state index in [9.17, 15) is 9.90 Å². The largest absolute Gasteiger partial charge is 0.478 e. The monoisotopic (exact) mass is 252 g/mol. The van der Waals surface area contributed by atoms with Crippen LogP contribution in [0.1, 0.15) is 15.9 Å². The summed E-state index contributed by atoms with van der Waals surface area (Å²) in [5.74, 6) is -0.182. The number of rotatable bonds is 2. The van der Waals surface area contributed by atoms with Gasteiger partial charge in [0.15, 0.2) is 0 Å². The van der Waals surface area contributed by atoms with Gasteiger partial charge in [0.1, 0.15) is 5.82 Å². The van der Waals surface area contributed by atoms with Gasteiger partial charge in [-0.25, -0.2) is 9.78 Å². The maximum Gasteiger partial charge on any atom is 0.337 e. The lowest BCUT2D eigenvalue weighted by molar-refractivity contribution is 0.0698. The average molecular weight is 252 g/mol. The Kier molecular flexibility index (Phi) is 2.56. The second-order valence-electron chi connectivity index (χ2n) is 4.38. The summed E-state index contributed by atoms with van der Waals surface area (Å²) in [6.07, 6.45) is 3.43. The van der Waals surface area contributed by atoms with Crippen LogP contribution in [0.15, 0.2) is 48.8 Å². The first-order valence-electron chi connectivity index (χ1n) is 5.94. The molecule has 0 amide bonds. The molecule has 0 fully saturated rings. The average Bonchev–Trinajstić information content (AvgIpc) is 2.82. The number of aromatic carboxylic acids is 1. The zero-order valence-electron chi connectivity index (χ0n) is 10.4. The Bertz CT molecular complexity index is 775. The van der Waals surface area contributed by atoms with Crippen molar-refractivity contribution in [2.24, 2.45) is 0 Å². The van der Waals surface area contributed by atoms with Crippen molar-refractivity contribution in [1.82, 2.24) is 9.38 Å². The van der Waals surface area contributed by atoms with Crippen molar-refractivity contribution in [2.45, 2.75) is 6.92 Å². The van der Waals surface area contributed by atoms with E-state index in [-0.39, 0.29) is 5.56 Å². The minimum atomic E-state index is -0.943. The van der Waals surface area contributed by atoms with Gasteiger partial charge < -0.3 is 5.11 Å². The number of nitrogens with zero attached hydrogens (tertiary/aromatic N) is 2. The Labute approximate surface area is 110 Å². The lowest BCUT2D eigenvalue weighted by atomic mass is 10.1. The van der Waals surface area contributed by atoms with Crippen LogP contribution in [0, 0.1) is 6.92 Å². The molecule has 0 saturated heterocycles. The number of carbonyl (C=O) groups is 1. The van der Waals surface area contributed by atoms with Crippen molar-refractivity contribution in [3.63, 3.8) is 0 Å². The third-order valence-electron chi connectivity index (χ3n) is 3.19. The second-order valence-corrected chi connectivity index (χ2v) is 4.38. The summed E-state index contributed by atoms with van der Waals surface area (Å²) in [6, 6.07) is 11.2. The molecule has 4 nitrogen and oxygen atoms in total. The zero-order valence-corrected chi connectivity index (χ0v) is 10.4. The summed E-state index contributed by atoms with van der Waals surface area (Å²) < 4.78 is 1.81. The highest BCUT2D eigenvalue weighted by Crippen LogP contribution is 2.24. The fourth-order valence-corrected chi connectivity index (χ4v) is 2.23. The molecule has 0 unspecified atom stereocenters. The van der Waals surface area contributed by atoms with Crippen LogP contribution < -0.4 is 0 Å². The Morgan fingerprint density at radius 3 is 2.74 bits per heavy atom. The standard InChI is InChI=1S/C15H12N2O2/c1-10-5-2-3-6-11(10)14-16-9-13-12(15(18)19)7-4-8-17(13)14/h2-9H,1H3,(H,18,19). The summed E-state index contributed by atoms with van der Waals surface area (Å²) in [5, 5.41) is 9.18. The molecular weight excluding hydrogens is 240 g/mol. The molecule has 2 aromatic heterocycles. The third kappa shape index (κ3) is 1.78. The number of benzene rings is 1. The van der Waals surface area contributed by atoms with E-state index in [4.69, 9.17) is 0 Å².